The number of carbonyl (C=O) groups is 3. The number of methoxy groups -OCH3 is 1. The summed E-state index contributed by atoms with van der Waals surface area (Å²) in [4.78, 5) is 44.1. The molecule has 6 rings (SSSR count). The topological polar surface area (TPSA) is 111 Å². The van der Waals surface area contributed by atoms with E-state index < -0.39 is 17.4 Å². The van der Waals surface area contributed by atoms with E-state index in [1.807, 2.05) is 78.9 Å². The molecule has 3 amide bonds. The predicted molar refractivity (Wildman–Crippen MR) is 184 cm³/mol. The maximum Gasteiger partial charge on any atom is 0.264 e. The van der Waals surface area contributed by atoms with Gasteiger partial charge in [-0.25, -0.2) is 0 Å². The number of carbonyl (C=O) groups excluding carboxylic acids is 3. The molecule has 3 atom stereocenters. The Balaban J connectivity index is 1.20. The predicted octanol–water partition coefficient (Wildman–Crippen LogP) is 5.25. The van der Waals surface area contributed by atoms with Crippen LogP contribution in [0.15, 0.2) is 109 Å². The van der Waals surface area contributed by atoms with Gasteiger partial charge in [-0.15, -0.1) is 0 Å². The number of benzene rings is 4. The van der Waals surface area contributed by atoms with Gasteiger partial charge in [-0.05, 0) is 65.6 Å². The summed E-state index contributed by atoms with van der Waals surface area (Å²) >= 11 is 0. The smallest absolute Gasteiger partial charge is 0.264 e. The lowest BCUT2D eigenvalue weighted by atomic mass is 9.82. The van der Waals surface area contributed by atoms with Gasteiger partial charge >= 0.3 is 0 Å². The van der Waals surface area contributed by atoms with Gasteiger partial charge in [0.25, 0.3) is 5.91 Å². The summed E-state index contributed by atoms with van der Waals surface area (Å²) in [5.41, 5.74) is 3.53. The third-order valence-corrected chi connectivity index (χ3v) is 9.43. The number of hydrogen-bond acceptors (Lipinski definition) is 6. The second kappa shape index (κ2) is 13.9. The average Bonchev–Trinajstić information content (AvgIpc) is 3.34. The number of amides is 3. The third kappa shape index (κ3) is 6.10. The summed E-state index contributed by atoms with van der Waals surface area (Å²) in [6.45, 7) is 2.25. The number of fused-ring (bicyclic) bond motifs is 2. The summed E-state index contributed by atoms with van der Waals surface area (Å²) in [5.74, 6) is -0.791. The van der Waals surface area contributed by atoms with Crippen LogP contribution in [0, 0.1) is 5.92 Å². The van der Waals surface area contributed by atoms with Crippen molar-refractivity contribution in [2.24, 2.45) is 5.92 Å². The highest BCUT2D eigenvalue weighted by Gasteiger charge is 2.52. The normalized spacial score (nSPS) is 19.2. The molecule has 0 unspecified atom stereocenters. The zero-order valence-corrected chi connectivity index (χ0v) is 27.0. The van der Waals surface area contributed by atoms with Crippen LogP contribution in [0.5, 0.6) is 5.75 Å². The van der Waals surface area contributed by atoms with Crippen LogP contribution in [0.3, 0.4) is 0 Å². The molecule has 0 bridgehead atoms. The lowest BCUT2D eigenvalue weighted by Gasteiger charge is -2.36. The van der Waals surface area contributed by atoms with E-state index in [4.69, 9.17) is 4.74 Å². The lowest BCUT2D eigenvalue weighted by Crippen LogP contribution is -2.46. The van der Waals surface area contributed by atoms with Gasteiger partial charge in [0.1, 0.15) is 5.75 Å². The molecule has 0 saturated carbocycles. The van der Waals surface area contributed by atoms with E-state index in [9.17, 15) is 24.6 Å². The first kappa shape index (κ1) is 32.7. The number of aliphatic hydroxyl groups is 2. The number of aliphatic hydroxyl groups excluding tert-OH is 1. The molecular formula is C39H39N3O6. The first-order valence-electron chi connectivity index (χ1n) is 16.0. The highest BCUT2D eigenvalue weighted by atomic mass is 16.5. The minimum atomic E-state index is -1.90. The molecule has 9 nitrogen and oxygen atoms in total. The van der Waals surface area contributed by atoms with Gasteiger partial charge in [-0.3, -0.25) is 19.3 Å². The van der Waals surface area contributed by atoms with Crippen molar-refractivity contribution in [3.05, 3.63) is 131 Å². The summed E-state index contributed by atoms with van der Waals surface area (Å²) in [7, 11) is 1.53. The zero-order valence-electron chi connectivity index (χ0n) is 27.0. The van der Waals surface area contributed by atoms with Gasteiger partial charge < -0.3 is 24.7 Å². The van der Waals surface area contributed by atoms with Crippen molar-refractivity contribution >= 4 is 35.3 Å². The Morgan fingerprint density at radius 1 is 1.00 bits per heavy atom. The van der Waals surface area contributed by atoms with E-state index in [0.717, 1.165) is 28.8 Å². The molecule has 246 valence electrons. The maximum atomic E-state index is 14.1. The Bertz CT molecular complexity index is 1830. The monoisotopic (exact) mass is 645 g/mol. The minimum absolute atomic E-state index is 0.0646. The highest BCUT2D eigenvalue weighted by molar-refractivity contribution is 6.07. The van der Waals surface area contributed by atoms with E-state index in [0.29, 0.717) is 35.7 Å². The van der Waals surface area contributed by atoms with E-state index in [1.165, 1.54) is 12.0 Å². The van der Waals surface area contributed by atoms with Gasteiger partial charge in [0.05, 0.1) is 32.0 Å². The Morgan fingerprint density at radius 3 is 2.38 bits per heavy atom. The van der Waals surface area contributed by atoms with Crippen LogP contribution in [0.4, 0.5) is 17.1 Å². The molecule has 0 spiro atoms. The van der Waals surface area contributed by atoms with Crippen LogP contribution >= 0.6 is 0 Å². The number of anilines is 3. The van der Waals surface area contributed by atoms with Crippen LogP contribution in [-0.2, 0) is 39.5 Å². The fraction of sp³-hybridized carbons (Fsp3) is 0.256. The number of rotatable bonds is 11. The molecule has 2 aliphatic rings. The van der Waals surface area contributed by atoms with Gasteiger partial charge in [0.15, 0.2) is 5.60 Å². The molecule has 2 heterocycles. The molecule has 2 aliphatic heterocycles. The number of nitrogens with zero attached hydrogens (tertiary/aromatic N) is 3. The highest BCUT2D eigenvalue weighted by Crippen LogP contribution is 2.47. The number of ether oxygens (including phenoxy) is 1. The molecule has 4 aromatic rings. The average molecular weight is 646 g/mol. The zero-order chi connectivity index (χ0) is 33.8. The Kier molecular flexibility index (Phi) is 9.43. The molecule has 0 radical (unpaired) electrons. The van der Waals surface area contributed by atoms with Crippen molar-refractivity contribution in [3.63, 3.8) is 0 Å². The first-order valence-corrected chi connectivity index (χ1v) is 16.0. The summed E-state index contributed by atoms with van der Waals surface area (Å²) < 4.78 is 5.45. The molecule has 2 N–H and O–H groups in total. The summed E-state index contributed by atoms with van der Waals surface area (Å²) in [6.07, 6.45) is 4.82. The van der Waals surface area contributed by atoms with Gasteiger partial charge in [-0.2, -0.15) is 0 Å². The van der Waals surface area contributed by atoms with Crippen molar-refractivity contribution in [2.75, 3.05) is 23.5 Å². The van der Waals surface area contributed by atoms with E-state index in [2.05, 4.69) is 0 Å². The molecule has 0 aromatic heterocycles. The summed E-state index contributed by atoms with van der Waals surface area (Å²) in [6, 6.07) is 29.5. The third-order valence-electron chi connectivity index (χ3n) is 9.43. The van der Waals surface area contributed by atoms with Crippen molar-refractivity contribution in [3.8, 4) is 5.75 Å². The van der Waals surface area contributed by atoms with Crippen LogP contribution in [0.2, 0.25) is 0 Å². The molecule has 0 saturated heterocycles. The van der Waals surface area contributed by atoms with Crippen molar-refractivity contribution in [2.45, 2.75) is 44.5 Å². The van der Waals surface area contributed by atoms with Crippen LogP contribution in [0.1, 0.15) is 35.6 Å². The second-order valence-corrected chi connectivity index (χ2v) is 12.3. The molecule has 0 aliphatic carbocycles. The van der Waals surface area contributed by atoms with E-state index >= 15 is 0 Å². The number of para-hydroxylation sites is 1. The standard InChI is InChI=1S/C39H39N3O6/c1-27(9-8-14-37(45)40-24-30-11-7-6-10-29(30)21-33(40)25-43)39(47)35-22-34(48-2)19-20-36(35)41(38(39)46)23-28-15-17-32(18-16-28)42(26-44)31-12-4-3-5-13-31/h3-13,15-20,22,26-27,33,43,47H,14,21,23-25H2,1-2H3/b9-8+/t27-,33-,39+/m0/s1. The van der Waals surface area contributed by atoms with Crippen molar-refractivity contribution in [1.29, 1.82) is 0 Å². The van der Waals surface area contributed by atoms with Crippen molar-refractivity contribution in [1.82, 2.24) is 4.90 Å². The van der Waals surface area contributed by atoms with Gasteiger partial charge in [-0.1, -0.05) is 73.7 Å². The molecule has 0 fully saturated rings. The van der Waals surface area contributed by atoms with Crippen LogP contribution in [0.25, 0.3) is 0 Å². The molecule has 9 heteroatoms. The quantitative estimate of drug-likeness (QED) is 0.170. The van der Waals surface area contributed by atoms with E-state index in [-0.39, 0.29) is 31.5 Å². The Hall–Kier alpha value is -5.25. The lowest BCUT2D eigenvalue weighted by molar-refractivity contribution is -0.139. The SMILES string of the molecule is COc1ccc2c(c1)[C@](O)([C@@H](C)/C=C/CC(=O)N1Cc3ccccc3C[C@H]1CO)C(=O)N2Cc1ccc(N(C=O)c2ccccc2)cc1. The Labute approximate surface area is 280 Å². The van der Waals surface area contributed by atoms with Gasteiger partial charge in [0, 0.05) is 35.8 Å². The molecule has 48 heavy (non-hydrogen) atoms. The minimum Gasteiger partial charge on any atom is -0.497 e. The van der Waals surface area contributed by atoms with Crippen LogP contribution in [-0.4, -0.2) is 53.1 Å². The fourth-order valence-corrected chi connectivity index (χ4v) is 6.69. The molecular weight excluding hydrogens is 606 g/mol. The van der Waals surface area contributed by atoms with E-state index in [1.54, 1.807) is 47.1 Å². The fourth-order valence-electron chi connectivity index (χ4n) is 6.69. The second-order valence-electron chi connectivity index (χ2n) is 12.3. The van der Waals surface area contributed by atoms with Gasteiger partial charge in [0.2, 0.25) is 12.3 Å². The van der Waals surface area contributed by atoms with Crippen LogP contribution < -0.4 is 14.5 Å². The summed E-state index contributed by atoms with van der Waals surface area (Å²) in [5, 5.41) is 22.2. The molecule has 4 aromatic carbocycles. The number of hydrogen-bond donors (Lipinski definition) is 2. The maximum absolute atomic E-state index is 14.1. The first-order chi connectivity index (χ1) is 23.3. The Morgan fingerprint density at radius 2 is 1.69 bits per heavy atom. The van der Waals surface area contributed by atoms with Crippen molar-refractivity contribution < 1.29 is 29.3 Å². The largest absolute Gasteiger partial charge is 0.497 e.